The fourth-order valence-electron chi connectivity index (χ4n) is 2.77. The molecule has 0 bridgehead atoms. The standard InChI is InChI=1S/C15H21N5O/c1-11-9-13(20-14(17-11)10-12(2)18-20)16-6-4-8-19-7-3-5-15(19)21/h9-10,16H,3-8H2,1-2H3. The van der Waals surface area contributed by atoms with Crippen LogP contribution in [0.4, 0.5) is 5.82 Å². The van der Waals surface area contributed by atoms with Crippen LogP contribution in [0.25, 0.3) is 5.65 Å². The largest absolute Gasteiger partial charge is 0.370 e. The van der Waals surface area contributed by atoms with Gasteiger partial charge in [0, 0.05) is 43.9 Å². The van der Waals surface area contributed by atoms with Gasteiger partial charge in [0.15, 0.2) is 5.65 Å². The van der Waals surface area contributed by atoms with Crippen molar-refractivity contribution in [3.05, 3.63) is 23.5 Å². The van der Waals surface area contributed by atoms with Crippen molar-refractivity contribution in [3.63, 3.8) is 0 Å². The van der Waals surface area contributed by atoms with Crippen molar-refractivity contribution >= 4 is 17.4 Å². The second-order valence-electron chi connectivity index (χ2n) is 5.60. The van der Waals surface area contributed by atoms with Gasteiger partial charge in [-0.3, -0.25) is 4.79 Å². The van der Waals surface area contributed by atoms with Crippen LogP contribution in [-0.2, 0) is 4.79 Å². The molecule has 0 aliphatic carbocycles. The van der Waals surface area contributed by atoms with Crippen LogP contribution >= 0.6 is 0 Å². The van der Waals surface area contributed by atoms with E-state index in [0.717, 1.165) is 55.3 Å². The van der Waals surface area contributed by atoms with Crippen LogP contribution in [0.3, 0.4) is 0 Å². The van der Waals surface area contributed by atoms with Gasteiger partial charge in [0.25, 0.3) is 0 Å². The number of aryl methyl sites for hydroxylation is 2. The Balaban J connectivity index is 1.61. The van der Waals surface area contributed by atoms with E-state index in [4.69, 9.17) is 0 Å². The molecule has 3 rings (SSSR count). The van der Waals surface area contributed by atoms with E-state index in [1.54, 1.807) is 0 Å². The number of nitrogens with zero attached hydrogens (tertiary/aromatic N) is 4. The quantitative estimate of drug-likeness (QED) is 0.851. The Morgan fingerprint density at radius 2 is 2.14 bits per heavy atom. The minimum absolute atomic E-state index is 0.292. The van der Waals surface area contributed by atoms with Crippen LogP contribution in [0.5, 0.6) is 0 Å². The average Bonchev–Trinajstić information content (AvgIpc) is 3.00. The zero-order valence-electron chi connectivity index (χ0n) is 12.6. The number of anilines is 1. The third-order valence-electron chi connectivity index (χ3n) is 3.76. The molecule has 1 saturated heterocycles. The molecule has 1 aliphatic heterocycles. The molecule has 21 heavy (non-hydrogen) atoms. The normalized spacial score (nSPS) is 15.1. The van der Waals surface area contributed by atoms with Crippen molar-refractivity contribution in [1.82, 2.24) is 19.5 Å². The number of nitrogens with one attached hydrogen (secondary N) is 1. The van der Waals surface area contributed by atoms with E-state index in [1.807, 2.05) is 35.4 Å². The summed E-state index contributed by atoms with van der Waals surface area (Å²) in [6.07, 6.45) is 2.65. The van der Waals surface area contributed by atoms with Crippen LogP contribution in [0, 0.1) is 13.8 Å². The van der Waals surface area contributed by atoms with Gasteiger partial charge >= 0.3 is 0 Å². The minimum Gasteiger partial charge on any atom is -0.370 e. The fraction of sp³-hybridized carbons (Fsp3) is 0.533. The van der Waals surface area contributed by atoms with Crippen molar-refractivity contribution in [2.45, 2.75) is 33.1 Å². The summed E-state index contributed by atoms with van der Waals surface area (Å²) >= 11 is 0. The summed E-state index contributed by atoms with van der Waals surface area (Å²) in [5.74, 6) is 1.25. The Hall–Kier alpha value is -2.11. The highest BCUT2D eigenvalue weighted by Crippen LogP contribution is 2.14. The van der Waals surface area contributed by atoms with Crippen molar-refractivity contribution in [1.29, 1.82) is 0 Å². The molecule has 0 saturated carbocycles. The van der Waals surface area contributed by atoms with Crippen molar-refractivity contribution < 1.29 is 4.79 Å². The molecule has 0 unspecified atom stereocenters. The topological polar surface area (TPSA) is 62.5 Å². The Bertz CT molecular complexity index is 663. The second-order valence-corrected chi connectivity index (χ2v) is 5.60. The van der Waals surface area contributed by atoms with Crippen LogP contribution in [0.1, 0.15) is 30.7 Å². The molecule has 6 nitrogen and oxygen atoms in total. The molecule has 1 N–H and O–H groups in total. The van der Waals surface area contributed by atoms with Gasteiger partial charge in [-0.25, -0.2) is 4.98 Å². The fourth-order valence-corrected chi connectivity index (χ4v) is 2.77. The highest BCUT2D eigenvalue weighted by atomic mass is 16.2. The molecule has 112 valence electrons. The van der Waals surface area contributed by atoms with E-state index >= 15 is 0 Å². The number of carbonyl (C=O) groups is 1. The monoisotopic (exact) mass is 287 g/mol. The predicted molar refractivity (Wildman–Crippen MR) is 81.4 cm³/mol. The number of rotatable bonds is 5. The van der Waals surface area contributed by atoms with Gasteiger partial charge in [0.05, 0.1) is 5.69 Å². The molecular weight excluding hydrogens is 266 g/mol. The van der Waals surface area contributed by atoms with Crippen LogP contribution < -0.4 is 5.32 Å². The molecule has 6 heteroatoms. The third-order valence-corrected chi connectivity index (χ3v) is 3.76. The SMILES string of the molecule is Cc1cc(NCCCN2CCCC2=O)n2nc(C)cc2n1. The molecule has 2 aromatic heterocycles. The van der Waals surface area contributed by atoms with E-state index in [2.05, 4.69) is 15.4 Å². The van der Waals surface area contributed by atoms with Gasteiger partial charge in [-0.2, -0.15) is 9.61 Å². The maximum Gasteiger partial charge on any atom is 0.222 e. The van der Waals surface area contributed by atoms with E-state index in [1.165, 1.54) is 0 Å². The molecule has 0 spiro atoms. The van der Waals surface area contributed by atoms with Gasteiger partial charge in [0.1, 0.15) is 5.82 Å². The third kappa shape index (κ3) is 2.99. The van der Waals surface area contributed by atoms with Gasteiger partial charge in [-0.15, -0.1) is 0 Å². The first-order valence-electron chi connectivity index (χ1n) is 7.49. The lowest BCUT2D eigenvalue weighted by Crippen LogP contribution is -2.27. The number of aromatic nitrogens is 3. The molecule has 3 heterocycles. The maximum absolute atomic E-state index is 11.5. The van der Waals surface area contributed by atoms with Gasteiger partial charge in [0.2, 0.25) is 5.91 Å². The van der Waals surface area contributed by atoms with E-state index in [9.17, 15) is 4.79 Å². The number of hydrogen-bond acceptors (Lipinski definition) is 4. The summed E-state index contributed by atoms with van der Waals surface area (Å²) in [5, 5.41) is 7.85. The minimum atomic E-state index is 0.292. The average molecular weight is 287 g/mol. The summed E-state index contributed by atoms with van der Waals surface area (Å²) in [5.41, 5.74) is 2.79. The Morgan fingerprint density at radius 3 is 2.90 bits per heavy atom. The summed E-state index contributed by atoms with van der Waals surface area (Å²) in [4.78, 5) is 18.0. The van der Waals surface area contributed by atoms with E-state index in [0.29, 0.717) is 12.3 Å². The summed E-state index contributed by atoms with van der Waals surface area (Å²) < 4.78 is 1.84. The van der Waals surface area contributed by atoms with Crippen molar-refractivity contribution in [2.75, 3.05) is 25.0 Å². The van der Waals surface area contributed by atoms with Crippen LogP contribution in [0.2, 0.25) is 0 Å². The number of fused-ring (bicyclic) bond motifs is 1. The first-order chi connectivity index (χ1) is 10.1. The van der Waals surface area contributed by atoms with Crippen LogP contribution in [-0.4, -0.2) is 45.0 Å². The molecule has 1 fully saturated rings. The highest BCUT2D eigenvalue weighted by Gasteiger charge is 2.18. The number of hydrogen-bond donors (Lipinski definition) is 1. The summed E-state index contributed by atoms with van der Waals surface area (Å²) in [6.45, 7) is 6.51. The Kier molecular flexibility index (Phi) is 3.77. The number of likely N-dealkylation sites (tertiary alicyclic amines) is 1. The molecule has 0 aromatic carbocycles. The first kappa shape index (κ1) is 13.9. The molecule has 1 amide bonds. The highest BCUT2D eigenvalue weighted by molar-refractivity contribution is 5.78. The molecule has 1 aliphatic rings. The predicted octanol–water partition coefficient (Wildman–Crippen LogP) is 1.77. The first-order valence-corrected chi connectivity index (χ1v) is 7.49. The Morgan fingerprint density at radius 1 is 1.29 bits per heavy atom. The molecule has 0 radical (unpaired) electrons. The molecule has 2 aromatic rings. The maximum atomic E-state index is 11.5. The molecule has 0 atom stereocenters. The second kappa shape index (κ2) is 5.71. The Labute approximate surface area is 124 Å². The lowest BCUT2D eigenvalue weighted by atomic mass is 10.3. The van der Waals surface area contributed by atoms with Gasteiger partial charge in [-0.1, -0.05) is 0 Å². The summed E-state index contributed by atoms with van der Waals surface area (Å²) in [7, 11) is 0. The van der Waals surface area contributed by atoms with Gasteiger partial charge < -0.3 is 10.2 Å². The molecular formula is C15H21N5O. The lowest BCUT2D eigenvalue weighted by molar-refractivity contribution is -0.127. The van der Waals surface area contributed by atoms with Crippen molar-refractivity contribution in [2.24, 2.45) is 0 Å². The zero-order chi connectivity index (χ0) is 14.8. The van der Waals surface area contributed by atoms with E-state index < -0.39 is 0 Å². The smallest absolute Gasteiger partial charge is 0.222 e. The van der Waals surface area contributed by atoms with Crippen molar-refractivity contribution in [3.8, 4) is 0 Å². The zero-order valence-corrected chi connectivity index (χ0v) is 12.6. The number of carbonyl (C=O) groups excluding carboxylic acids is 1. The summed E-state index contributed by atoms with van der Waals surface area (Å²) in [6, 6.07) is 3.97. The van der Waals surface area contributed by atoms with Gasteiger partial charge in [-0.05, 0) is 26.7 Å². The lowest BCUT2D eigenvalue weighted by Gasteiger charge is -2.15. The number of amides is 1. The van der Waals surface area contributed by atoms with Crippen LogP contribution in [0.15, 0.2) is 12.1 Å². The van der Waals surface area contributed by atoms with E-state index in [-0.39, 0.29) is 0 Å².